The lowest BCUT2D eigenvalue weighted by atomic mass is 9.82. The van der Waals surface area contributed by atoms with Crippen LogP contribution in [0.1, 0.15) is 112 Å². The summed E-state index contributed by atoms with van der Waals surface area (Å²) in [5.41, 5.74) is 0.772. The smallest absolute Gasteiger partial charge is 0.315 e. The number of hydrogen-bond acceptors (Lipinski definition) is 16. The second-order valence-corrected chi connectivity index (χ2v) is 20.3. The molecule has 1 aromatic heterocycles. The fourth-order valence-corrected chi connectivity index (χ4v) is 10.3. The molecule has 6 atom stereocenters. The van der Waals surface area contributed by atoms with Gasteiger partial charge in [-0.3, -0.25) is 33.9 Å². The lowest BCUT2D eigenvalue weighted by Gasteiger charge is -2.38. The molecule has 5 bridgehead atoms. The lowest BCUT2D eigenvalue weighted by Crippen LogP contribution is -2.50. The largest absolute Gasteiger partial charge is 0.507 e. The summed E-state index contributed by atoms with van der Waals surface area (Å²) in [4.78, 5) is 85.6. The summed E-state index contributed by atoms with van der Waals surface area (Å²) in [7, 11) is 0. The molecule has 0 radical (unpaired) electrons. The van der Waals surface area contributed by atoms with Crippen LogP contribution < -0.4 is 20.3 Å². The van der Waals surface area contributed by atoms with E-state index in [1.54, 1.807) is 62.4 Å². The van der Waals surface area contributed by atoms with Crippen molar-refractivity contribution < 1.29 is 53.5 Å². The second-order valence-electron chi connectivity index (χ2n) is 20.3. The highest BCUT2D eigenvalue weighted by Crippen LogP contribution is 2.50. The van der Waals surface area contributed by atoms with E-state index in [2.05, 4.69) is 39.3 Å². The molecule has 18 nitrogen and oxygen atoms in total. The zero-order chi connectivity index (χ0) is 50.9. The summed E-state index contributed by atoms with van der Waals surface area (Å²) in [5.74, 6) is -6.14. The van der Waals surface area contributed by atoms with E-state index in [4.69, 9.17) is 19.2 Å². The van der Waals surface area contributed by atoms with Gasteiger partial charge < -0.3 is 54.9 Å². The number of allylic oxidation sites excluding steroid dienone is 5. The molecule has 380 valence electrons. The fourth-order valence-electron chi connectivity index (χ4n) is 10.3. The highest BCUT2D eigenvalue weighted by Gasteiger charge is 2.54. The SMILES string of the molecule is C/C1=C/C=C/[C@H](C)[C@H](O)[C@@H](C)C(O)C[C@H](OC(=O)CC(=O)N2CCN(c3ccncc3)CC2)CC/C=C/O[C@@]2(C)Oc3c(C)c(O)c4c(c3C2=O)C2=NC3(CCN(CC(C)C)CC3)NC2=C(NC1=O)C4=O. The topological polar surface area (TPSA) is 233 Å². The summed E-state index contributed by atoms with van der Waals surface area (Å²) < 4.78 is 18.2. The first-order valence-electron chi connectivity index (χ1n) is 24.8. The van der Waals surface area contributed by atoms with Gasteiger partial charge in [0.2, 0.25) is 11.7 Å². The van der Waals surface area contributed by atoms with Gasteiger partial charge in [-0.2, -0.15) is 0 Å². The van der Waals surface area contributed by atoms with Crippen molar-refractivity contribution in [2.75, 3.05) is 50.7 Å². The van der Waals surface area contributed by atoms with Gasteiger partial charge in [-0.1, -0.05) is 45.9 Å². The predicted molar refractivity (Wildman–Crippen MR) is 263 cm³/mol. The van der Waals surface area contributed by atoms with Crippen LogP contribution in [0.4, 0.5) is 5.69 Å². The van der Waals surface area contributed by atoms with E-state index in [1.807, 2.05) is 12.1 Å². The predicted octanol–water partition coefficient (Wildman–Crippen LogP) is 4.61. The molecule has 2 fully saturated rings. The quantitative estimate of drug-likeness (QED) is 0.197. The number of aromatic hydroxyl groups is 1. The Kier molecular flexibility index (Phi) is 14.9. The number of piperazine rings is 1. The monoisotopic (exact) mass is 977 g/mol. The number of ether oxygens (including phenoxy) is 3. The number of aromatic nitrogens is 1. The van der Waals surface area contributed by atoms with Crippen LogP contribution in [0.25, 0.3) is 0 Å². The molecule has 18 heteroatoms. The third-order valence-corrected chi connectivity index (χ3v) is 14.6. The van der Waals surface area contributed by atoms with E-state index < -0.39 is 77.2 Å². The molecule has 2 amide bonds. The summed E-state index contributed by atoms with van der Waals surface area (Å²) >= 11 is 0. The average molecular weight is 978 g/mol. The van der Waals surface area contributed by atoms with Gasteiger partial charge in [0, 0.05) is 119 Å². The molecular weight excluding hydrogens is 911 g/mol. The first kappa shape index (κ1) is 51.0. The number of esters is 1. The van der Waals surface area contributed by atoms with Gasteiger partial charge in [0.1, 0.15) is 35.4 Å². The number of amides is 2. The van der Waals surface area contributed by atoms with Crippen molar-refractivity contribution in [2.45, 2.75) is 117 Å². The maximum Gasteiger partial charge on any atom is 0.315 e. The number of carbonyl (C=O) groups excluding carboxylic acids is 5. The van der Waals surface area contributed by atoms with Gasteiger partial charge in [0.25, 0.3) is 11.7 Å². The molecule has 1 aromatic carbocycles. The molecule has 2 saturated heterocycles. The maximum atomic E-state index is 14.8. The van der Waals surface area contributed by atoms with Crippen molar-refractivity contribution in [3.05, 3.63) is 94.3 Å². The van der Waals surface area contributed by atoms with Crippen LogP contribution in [0.5, 0.6) is 11.5 Å². The minimum Gasteiger partial charge on any atom is -0.507 e. The Hall–Kier alpha value is -6.37. The molecule has 1 unspecified atom stereocenters. The Morgan fingerprint density at radius 3 is 2.37 bits per heavy atom. The minimum atomic E-state index is -1.95. The summed E-state index contributed by atoms with van der Waals surface area (Å²) in [5, 5.41) is 41.1. The summed E-state index contributed by atoms with van der Waals surface area (Å²) in [6.07, 6.45) is 9.14. The number of nitrogens with zero attached hydrogens (tertiary/aromatic N) is 5. The van der Waals surface area contributed by atoms with Crippen LogP contribution in [-0.2, 0) is 23.9 Å². The van der Waals surface area contributed by atoms with Crippen molar-refractivity contribution in [1.29, 1.82) is 0 Å². The molecule has 6 aliphatic heterocycles. The Bertz CT molecular complexity index is 2590. The first-order valence-corrected chi connectivity index (χ1v) is 24.8. The van der Waals surface area contributed by atoms with Crippen molar-refractivity contribution in [1.82, 2.24) is 25.4 Å². The van der Waals surface area contributed by atoms with Crippen molar-refractivity contribution in [3.8, 4) is 11.5 Å². The number of anilines is 1. The number of aliphatic hydroxyl groups excluding tert-OH is 2. The molecule has 7 heterocycles. The van der Waals surface area contributed by atoms with Crippen LogP contribution in [0.15, 0.2) is 77.1 Å². The standard InChI is InChI=1S/C53H67N7O11/c1-30(2)29-58-20-16-53(17-21-58)56-43-40-41-47(65)34(6)49-42(40)50(67)52(7,71-49)69-26-9-8-13-36(70-39(63)28-38(62)60-24-22-59(23-25-60)35-14-18-54-19-15-35)27-37(61)33(5)46(64)31(3)11-10-12-32(4)51(68)55-45(48(41)66)44(43)57-53/h9-12,14-15,18-19,26,30-31,33,36-37,46,57,61,64-65H,8,13,16-17,20-25,27-29H2,1-7H3,(H,55,68)/b11-10+,26-9+,32-12-/t31-,33-,36+,37?,46-,52-/m0/s1. The first-order chi connectivity index (χ1) is 33.8. The highest BCUT2D eigenvalue weighted by atomic mass is 16.7. The van der Waals surface area contributed by atoms with Crippen LogP contribution in [0.2, 0.25) is 0 Å². The Morgan fingerprint density at radius 2 is 1.68 bits per heavy atom. The van der Waals surface area contributed by atoms with Crippen LogP contribution in [-0.4, -0.2) is 141 Å². The molecule has 5 N–H and O–H groups in total. The van der Waals surface area contributed by atoms with Crippen molar-refractivity contribution in [2.24, 2.45) is 22.7 Å². The number of pyridine rings is 1. The zero-order valence-corrected chi connectivity index (χ0v) is 41.7. The number of hydrogen-bond donors (Lipinski definition) is 5. The van der Waals surface area contributed by atoms with Gasteiger partial charge in [-0.05, 0) is 50.8 Å². The normalized spacial score (nSPS) is 28.8. The van der Waals surface area contributed by atoms with E-state index in [9.17, 15) is 39.3 Å². The zero-order valence-electron chi connectivity index (χ0n) is 41.7. The molecular formula is C53H67N7O11. The second kappa shape index (κ2) is 20.8. The van der Waals surface area contributed by atoms with E-state index in [0.29, 0.717) is 58.0 Å². The van der Waals surface area contributed by atoms with Gasteiger partial charge in [0.15, 0.2) is 0 Å². The molecule has 7 aliphatic rings. The number of fused-ring (bicyclic) bond motifs is 13. The fraction of sp³-hybridized carbons (Fsp3) is 0.528. The van der Waals surface area contributed by atoms with Crippen molar-refractivity contribution in [3.63, 3.8) is 0 Å². The van der Waals surface area contributed by atoms with Gasteiger partial charge in [-0.25, -0.2) is 0 Å². The third kappa shape index (κ3) is 10.5. The Balaban J connectivity index is 1.07. The number of aliphatic imine (C=N–C) groups is 1. The summed E-state index contributed by atoms with van der Waals surface area (Å²) in [6.45, 7) is 16.7. The van der Waals surface area contributed by atoms with Crippen LogP contribution in [0.3, 0.4) is 0 Å². The van der Waals surface area contributed by atoms with Crippen LogP contribution >= 0.6 is 0 Å². The maximum absolute atomic E-state index is 14.8. The number of nitrogens with one attached hydrogen (secondary N) is 2. The average Bonchev–Trinajstić information content (AvgIpc) is 3.84. The molecule has 1 aliphatic carbocycles. The van der Waals surface area contributed by atoms with Crippen LogP contribution in [0, 0.1) is 24.7 Å². The number of aliphatic hydroxyl groups is 2. The number of benzene rings is 1. The Labute approximate surface area is 414 Å². The number of carbonyl (C=O) groups is 5. The number of Topliss-reactive ketones (excluding diaryl/α,β-unsaturated/α-hetero) is 2. The number of rotatable bonds is 6. The van der Waals surface area contributed by atoms with E-state index in [-0.39, 0.29) is 75.9 Å². The van der Waals surface area contributed by atoms with Crippen molar-refractivity contribution >= 4 is 40.7 Å². The number of ketones is 2. The highest BCUT2D eigenvalue weighted by molar-refractivity contribution is 6.34. The Morgan fingerprint density at radius 1 is 0.972 bits per heavy atom. The number of likely N-dealkylation sites (tertiary alicyclic amines) is 1. The van der Waals surface area contributed by atoms with E-state index in [1.165, 1.54) is 20.1 Å². The van der Waals surface area contributed by atoms with Gasteiger partial charge in [-0.15, -0.1) is 0 Å². The van der Waals surface area contributed by atoms with Gasteiger partial charge >= 0.3 is 11.8 Å². The summed E-state index contributed by atoms with van der Waals surface area (Å²) in [6, 6.07) is 3.81. The van der Waals surface area contributed by atoms with E-state index >= 15 is 0 Å². The minimum absolute atomic E-state index is 0.0181. The number of phenols is 1. The molecule has 2 aromatic rings. The van der Waals surface area contributed by atoms with Gasteiger partial charge in [0.05, 0.1) is 41.0 Å². The third-order valence-electron chi connectivity index (χ3n) is 14.6. The number of piperidine rings is 1. The molecule has 71 heavy (non-hydrogen) atoms. The molecule has 9 rings (SSSR count). The molecule has 1 spiro atoms. The molecule has 0 saturated carbocycles. The lowest BCUT2D eigenvalue weighted by molar-refractivity contribution is -0.155. The van der Waals surface area contributed by atoms with E-state index in [0.717, 1.165) is 12.2 Å². The number of phenolic OH excluding ortho intramolecular Hbond substituents is 1.